The molecule has 0 spiro atoms. The summed E-state index contributed by atoms with van der Waals surface area (Å²) in [4.78, 5) is 15.9. The molecule has 0 aliphatic rings. The number of guanidine groups is 1. The topological polar surface area (TPSA) is 74.8 Å². The molecule has 0 heterocycles. The van der Waals surface area contributed by atoms with Crippen molar-refractivity contribution in [2.45, 2.75) is 54.1 Å². The van der Waals surface area contributed by atoms with E-state index in [0.29, 0.717) is 19.0 Å². The second-order valence-corrected chi connectivity index (χ2v) is 6.96. The van der Waals surface area contributed by atoms with Crippen LogP contribution in [0, 0.1) is 11.3 Å². The second kappa shape index (κ2) is 13.7. The maximum atomic E-state index is 11.8. The molecule has 1 amide bonds. The Labute approximate surface area is 165 Å². The lowest BCUT2D eigenvalue weighted by atomic mass is 9.96. The number of carbonyl (C=O) groups excluding carboxylic acids is 1. The summed E-state index contributed by atoms with van der Waals surface area (Å²) < 4.78 is 5.73. The zero-order valence-corrected chi connectivity index (χ0v) is 18.7. The molecule has 0 fully saturated rings. The van der Waals surface area contributed by atoms with Crippen molar-refractivity contribution in [3.63, 3.8) is 0 Å². The van der Waals surface area contributed by atoms with Crippen LogP contribution in [0.25, 0.3) is 0 Å². The van der Waals surface area contributed by atoms with Crippen LogP contribution in [0.4, 0.5) is 0 Å². The summed E-state index contributed by atoms with van der Waals surface area (Å²) in [6.45, 7) is 14.8. The number of carbonyl (C=O) groups is 1. The molecule has 1 atom stereocenters. The summed E-state index contributed by atoms with van der Waals surface area (Å²) in [5, 5.41) is 9.38. The molecule has 0 bridgehead atoms. The van der Waals surface area contributed by atoms with Crippen LogP contribution >= 0.6 is 24.0 Å². The monoisotopic (exact) mass is 456 g/mol. The van der Waals surface area contributed by atoms with Crippen molar-refractivity contribution >= 4 is 35.8 Å². The van der Waals surface area contributed by atoms with Gasteiger partial charge in [0.2, 0.25) is 5.91 Å². The third kappa shape index (κ3) is 11.9. The summed E-state index contributed by atoms with van der Waals surface area (Å²) in [7, 11) is 1.74. The fourth-order valence-corrected chi connectivity index (χ4v) is 2.00. The van der Waals surface area contributed by atoms with Gasteiger partial charge in [0.25, 0.3) is 0 Å². The average Bonchev–Trinajstić information content (AvgIpc) is 2.47. The SMILES string of the molecule is CCOC(CCNC(=NC)NCCNC(=O)C(C)(C)C)C(C)C.I. The van der Waals surface area contributed by atoms with Gasteiger partial charge in [0.15, 0.2) is 5.96 Å². The lowest BCUT2D eigenvalue weighted by Crippen LogP contribution is -2.44. The summed E-state index contributed by atoms with van der Waals surface area (Å²) in [5.74, 6) is 1.30. The third-order valence-electron chi connectivity index (χ3n) is 3.45. The van der Waals surface area contributed by atoms with Gasteiger partial charge in [-0.2, -0.15) is 0 Å². The van der Waals surface area contributed by atoms with Gasteiger partial charge in [0.05, 0.1) is 6.10 Å². The van der Waals surface area contributed by atoms with E-state index in [4.69, 9.17) is 4.74 Å². The highest BCUT2D eigenvalue weighted by atomic mass is 127. The number of hydrogen-bond acceptors (Lipinski definition) is 3. The highest BCUT2D eigenvalue weighted by Gasteiger charge is 2.20. The van der Waals surface area contributed by atoms with E-state index in [0.717, 1.165) is 25.5 Å². The minimum atomic E-state index is -0.356. The molecule has 0 radical (unpaired) electrons. The number of nitrogens with one attached hydrogen (secondary N) is 3. The fourth-order valence-electron chi connectivity index (χ4n) is 2.00. The van der Waals surface area contributed by atoms with Gasteiger partial charge in [0, 0.05) is 38.7 Å². The van der Waals surface area contributed by atoms with Crippen LogP contribution in [0.15, 0.2) is 4.99 Å². The van der Waals surface area contributed by atoms with Crippen LogP contribution in [0.5, 0.6) is 0 Å². The maximum Gasteiger partial charge on any atom is 0.225 e. The quantitative estimate of drug-likeness (QED) is 0.216. The van der Waals surface area contributed by atoms with Crippen LogP contribution in [0.1, 0.15) is 48.0 Å². The molecular formula is C17H37IN4O2. The van der Waals surface area contributed by atoms with E-state index in [1.54, 1.807) is 7.05 Å². The van der Waals surface area contributed by atoms with Crippen molar-refractivity contribution in [3.05, 3.63) is 0 Å². The van der Waals surface area contributed by atoms with E-state index in [-0.39, 0.29) is 41.4 Å². The van der Waals surface area contributed by atoms with E-state index in [1.165, 1.54) is 0 Å². The Morgan fingerprint density at radius 3 is 2.08 bits per heavy atom. The van der Waals surface area contributed by atoms with E-state index in [9.17, 15) is 4.79 Å². The first-order valence-electron chi connectivity index (χ1n) is 8.56. The number of aliphatic imine (C=N–C) groups is 1. The largest absolute Gasteiger partial charge is 0.378 e. The Balaban J connectivity index is 0. The molecule has 7 heteroatoms. The lowest BCUT2D eigenvalue weighted by molar-refractivity contribution is -0.128. The Kier molecular flexibility index (Phi) is 14.6. The molecule has 1 unspecified atom stereocenters. The van der Waals surface area contributed by atoms with Crippen molar-refractivity contribution < 1.29 is 9.53 Å². The molecule has 144 valence electrons. The van der Waals surface area contributed by atoms with Crippen molar-refractivity contribution in [1.82, 2.24) is 16.0 Å². The second-order valence-electron chi connectivity index (χ2n) is 6.96. The lowest BCUT2D eigenvalue weighted by Gasteiger charge is -2.21. The predicted octanol–water partition coefficient (Wildman–Crippen LogP) is 2.38. The summed E-state index contributed by atoms with van der Waals surface area (Å²) in [5.41, 5.74) is -0.356. The van der Waals surface area contributed by atoms with Crippen molar-refractivity contribution in [2.24, 2.45) is 16.3 Å². The molecule has 0 aromatic rings. The number of halogens is 1. The van der Waals surface area contributed by atoms with E-state index in [1.807, 2.05) is 27.7 Å². The Hall–Kier alpha value is -0.570. The van der Waals surface area contributed by atoms with Gasteiger partial charge in [-0.05, 0) is 19.3 Å². The molecule has 0 aliphatic carbocycles. The van der Waals surface area contributed by atoms with Crippen molar-refractivity contribution in [3.8, 4) is 0 Å². The molecule has 0 rings (SSSR count). The van der Waals surface area contributed by atoms with E-state index >= 15 is 0 Å². The number of ether oxygens (including phenoxy) is 1. The zero-order chi connectivity index (χ0) is 17.9. The minimum Gasteiger partial charge on any atom is -0.378 e. The number of nitrogens with zero attached hydrogens (tertiary/aromatic N) is 1. The van der Waals surface area contributed by atoms with Crippen LogP contribution in [0.2, 0.25) is 0 Å². The molecule has 3 N–H and O–H groups in total. The highest BCUT2D eigenvalue weighted by molar-refractivity contribution is 14.0. The zero-order valence-electron chi connectivity index (χ0n) is 16.4. The molecule has 0 saturated heterocycles. The van der Waals surface area contributed by atoms with E-state index < -0.39 is 0 Å². The Bertz CT molecular complexity index is 368. The Morgan fingerprint density at radius 2 is 1.62 bits per heavy atom. The summed E-state index contributed by atoms with van der Waals surface area (Å²) in [6, 6.07) is 0. The summed E-state index contributed by atoms with van der Waals surface area (Å²) in [6.07, 6.45) is 1.20. The number of rotatable bonds is 9. The average molecular weight is 456 g/mol. The van der Waals surface area contributed by atoms with Gasteiger partial charge < -0.3 is 20.7 Å². The van der Waals surface area contributed by atoms with Gasteiger partial charge in [0.1, 0.15) is 0 Å². The van der Waals surface area contributed by atoms with Gasteiger partial charge in [-0.25, -0.2) is 0 Å². The Morgan fingerprint density at radius 1 is 1.08 bits per heavy atom. The minimum absolute atomic E-state index is 0. The molecule has 0 aromatic carbocycles. The number of amides is 1. The van der Waals surface area contributed by atoms with Crippen LogP contribution in [0.3, 0.4) is 0 Å². The standard InChI is InChI=1S/C17H36N4O2.HI/c1-8-23-14(13(2)3)9-10-20-16(18-7)21-12-11-19-15(22)17(4,5)6;/h13-14H,8-12H2,1-7H3,(H,19,22)(H2,18,20,21);1H. The molecule has 24 heavy (non-hydrogen) atoms. The third-order valence-corrected chi connectivity index (χ3v) is 3.45. The normalized spacial score (nSPS) is 13.2. The molecule has 6 nitrogen and oxygen atoms in total. The van der Waals surface area contributed by atoms with Gasteiger partial charge in [-0.15, -0.1) is 24.0 Å². The van der Waals surface area contributed by atoms with Gasteiger partial charge in [-0.1, -0.05) is 34.6 Å². The molecule has 0 aromatic heterocycles. The van der Waals surface area contributed by atoms with Crippen LogP contribution in [-0.4, -0.2) is 51.3 Å². The summed E-state index contributed by atoms with van der Waals surface area (Å²) >= 11 is 0. The van der Waals surface area contributed by atoms with Crippen LogP contribution in [-0.2, 0) is 9.53 Å². The maximum absolute atomic E-state index is 11.8. The predicted molar refractivity (Wildman–Crippen MR) is 112 cm³/mol. The molecule has 0 aliphatic heterocycles. The molecular weight excluding hydrogens is 419 g/mol. The fraction of sp³-hybridized carbons (Fsp3) is 0.882. The number of hydrogen-bond donors (Lipinski definition) is 3. The first-order valence-corrected chi connectivity index (χ1v) is 8.56. The van der Waals surface area contributed by atoms with Gasteiger partial charge >= 0.3 is 0 Å². The highest BCUT2D eigenvalue weighted by Crippen LogP contribution is 2.12. The van der Waals surface area contributed by atoms with E-state index in [2.05, 4.69) is 34.8 Å². The molecule has 0 saturated carbocycles. The van der Waals surface area contributed by atoms with Crippen molar-refractivity contribution in [2.75, 3.05) is 33.3 Å². The van der Waals surface area contributed by atoms with Crippen LogP contribution < -0.4 is 16.0 Å². The smallest absolute Gasteiger partial charge is 0.225 e. The first-order chi connectivity index (χ1) is 10.7. The van der Waals surface area contributed by atoms with Crippen molar-refractivity contribution in [1.29, 1.82) is 0 Å². The first kappa shape index (κ1) is 25.7. The van der Waals surface area contributed by atoms with Gasteiger partial charge in [-0.3, -0.25) is 9.79 Å².